The minimum absolute atomic E-state index is 0. The van der Waals surface area contributed by atoms with Crippen molar-refractivity contribution >= 4 is 11.9 Å². The fourth-order valence-corrected chi connectivity index (χ4v) is 1.91. The number of hydrogen-bond acceptors (Lipinski definition) is 4. The number of aromatic carboxylic acids is 1. The van der Waals surface area contributed by atoms with E-state index in [1.165, 1.54) is 18.2 Å². The van der Waals surface area contributed by atoms with Gasteiger partial charge >= 0.3 is 63.3 Å². The fraction of sp³-hybridized carbons (Fsp3) is 0.385. The number of carbonyl (C=O) groups excluding carboxylic acids is 1. The summed E-state index contributed by atoms with van der Waals surface area (Å²) in [6, 6.07) is 5.86. The molecule has 5 nitrogen and oxygen atoms in total. The van der Waals surface area contributed by atoms with E-state index in [-0.39, 0.29) is 63.9 Å². The molecule has 0 spiro atoms. The van der Waals surface area contributed by atoms with Crippen LogP contribution in [-0.4, -0.2) is 35.2 Å². The van der Waals surface area contributed by atoms with Crippen molar-refractivity contribution in [2.45, 2.75) is 19.3 Å². The molecule has 1 aliphatic rings. The molecule has 98 valence electrons. The van der Waals surface area contributed by atoms with Gasteiger partial charge < -0.3 is 11.4 Å². The zero-order chi connectivity index (χ0) is 13.0. The van der Waals surface area contributed by atoms with Crippen LogP contribution in [0, 0.1) is 0 Å². The van der Waals surface area contributed by atoms with Crippen molar-refractivity contribution in [3.63, 3.8) is 0 Å². The summed E-state index contributed by atoms with van der Waals surface area (Å²) in [5, 5.41) is 10.5. The molecule has 1 fully saturated rings. The molecule has 0 bridgehead atoms. The van der Waals surface area contributed by atoms with Gasteiger partial charge in [-0.2, -0.15) is 0 Å². The third kappa shape index (κ3) is 4.98. The number of hydroxylamine groups is 2. The molecule has 0 radical (unpaired) electrons. The summed E-state index contributed by atoms with van der Waals surface area (Å²) in [7, 11) is 0. The molecule has 19 heavy (non-hydrogen) atoms. The van der Waals surface area contributed by atoms with Crippen LogP contribution >= 0.6 is 0 Å². The van der Waals surface area contributed by atoms with Crippen molar-refractivity contribution < 1.29 is 72.3 Å². The van der Waals surface area contributed by atoms with Gasteiger partial charge in [-0.3, -0.25) is 0 Å². The zero-order valence-electron chi connectivity index (χ0n) is 12.0. The van der Waals surface area contributed by atoms with Crippen molar-refractivity contribution in [3.05, 3.63) is 35.4 Å². The Bertz CT molecular complexity index is 463. The van der Waals surface area contributed by atoms with Gasteiger partial charge in [-0.15, -0.1) is 5.06 Å². The van der Waals surface area contributed by atoms with Crippen LogP contribution in [0.25, 0.3) is 0 Å². The Hall–Kier alpha value is -0.244. The molecule has 0 atom stereocenters. The first-order valence-electron chi connectivity index (χ1n) is 5.97. The average Bonchev–Trinajstić information content (AvgIpc) is 2.40. The molecule has 1 aromatic rings. The van der Waals surface area contributed by atoms with Crippen LogP contribution in [0.5, 0.6) is 0 Å². The van der Waals surface area contributed by atoms with E-state index in [0.29, 0.717) is 0 Å². The normalized spacial score (nSPS) is 15.4. The van der Waals surface area contributed by atoms with E-state index >= 15 is 0 Å². The number of piperidine rings is 1. The Kier molecular flexibility index (Phi) is 7.20. The Balaban J connectivity index is 0.00000180. The van der Waals surface area contributed by atoms with Gasteiger partial charge in [-0.1, -0.05) is 12.5 Å². The maximum atomic E-state index is 11.8. The molecule has 0 aromatic heterocycles. The molecule has 1 aromatic carbocycles. The van der Waals surface area contributed by atoms with Crippen LogP contribution in [0.3, 0.4) is 0 Å². The Labute approximate surface area is 155 Å². The maximum absolute atomic E-state index is 11.8. The number of carbonyl (C=O) groups is 2. The number of nitrogens with zero attached hydrogens (tertiary/aromatic N) is 1. The summed E-state index contributed by atoms with van der Waals surface area (Å²) in [4.78, 5) is 27.8. The van der Waals surface area contributed by atoms with Gasteiger partial charge in [0.2, 0.25) is 0 Å². The van der Waals surface area contributed by atoms with E-state index in [0.717, 1.165) is 32.4 Å². The monoisotopic (exact) mass is 289 g/mol. The predicted molar refractivity (Wildman–Crippen MR) is 65.4 cm³/mol. The minimum atomic E-state index is -1.05. The average molecular weight is 289 g/mol. The van der Waals surface area contributed by atoms with E-state index in [9.17, 15) is 9.59 Å². The molecule has 1 saturated heterocycles. The number of hydrogen-bond donors (Lipinski definition) is 1. The summed E-state index contributed by atoms with van der Waals surface area (Å²) in [6.45, 7) is 1.48. The SMILES string of the molecule is O=C(O)c1cccc(C(=O)ON2CCCCC2)c1.[H-].[K+]. The molecule has 1 N–H and O–H groups in total. The van der Waals surface area contributed by atoms with Crippen LogP contribution < -0.4 is 51.4 Å². The number of carboxylic acids is 1. The van der Waals surface area contributed by atoms with Crippen molar-refractivity contribution in [2.24, 2.45) is 0 Å². The van der Waals surface area contributed by atoms with Crippen LogP contribution in [-0.2, 0) is 4.84 Å². The molecular formula is C13H16KNO4. The predicted octanol–water partition coefficient (Wildman–Crippen LogP) is -0.941. The summed E-state index contributed by atoms with van der Waals surface area (Å²) in [5.41, 5.74) is 0.351. The summed E-state index contributed by atoms with van der Waals surface area (Å²) >= 11 is 0. The van der Waals surface area contributed by atoms with Gasteiger partial charge in [-0.25, -0.2) is 9.59 Å². The zero-order valence-corrected chi connectivity index (χ0v) is 14.1. The topological polar surface area (TPSA) is 66.8 Å². The second-order valence-electron chi connectivity index (χ2n) is 4.25. The van der Waals surface area contributed by atoms with Gasteiger partial charge in [0.05, 0.1) is 11.1 Å². The van der Waals surface area contributed by atoms with Crippen molar-refractivity contribution in [1.29, 1.82) is 0 Å². The first-order chi connectivity index (χ1) is 8.66. The minimum Gasteiger partial charge on any atom is -1.00 e. The van der Waals surface area contributed by atoms with Crippen LogP contribution in [0.4, 0.5) is 0 Å². The van der Waals surface area contributed by atoms with Gasteiger partial charge in [0.1, 0.15) is 0 Å². The molecule has 0 aliphatic carbocycles. The molecule has 6 heteroatoms. The van der Waals surface area contributed by atoms with Crippen molar-refractivity contribution in [1.82, 2.24) is 5.06 Å². The van der Waals surface area contributed by atoms with E-state index in [4.69, 9.17) is 9.94 Å². The van der Waals surface area contributed by atoms with Crippen LogP contribution in [0.15, 0.2) is 24.3 Å². The summed E-state index contributed by atoms with van der Waals surface area (Å²) < 4.78 is 0. The van der Waals surface area contributed by atoms with Gasteiger partial charge in [-0.05, 0) is 31.0 Å². The van der Waals surface area contributed by atoms with E-state index in [1.807, 2.05) is 0 Å². The van der Waals surface area contributed by atoms with Gasteiger partial charge in [0.25, 0.3) is 0 Å². The molecule has 1 heterocycles. The fourth-order valence-electron chi connectivity index (χ4n) is 1.91. The Morgan fingerprint density at radius 3 is 2.42 bits per heavy atom. The molecule has 1 aliphatic heterocycles. The smallest absolute Gasteiger partial charge is 1.00 e. The molecule has 0 unspecified atom stereocenters. The third-order valence-corrected chi connectivity index (χ3v) is 2.87. The first-order valence-corrected chi connectivity index (χ1v) is 5.97. The standard InChI is InChI=1S/C13H15NO4.K.H/c15-12(16)10-5-4-6-11(9-10)13(17)18-14-7-2-1-3-8-14;;/h4-6,9H,1-3,7-8H2,(H,15,16);;/q;+1;-1. The Morgan fingerprint density at radius 2 is 1.79 bits per heavy atom. The Morgan fingerprint density at radius 1 is 1.16 bits per heavy atom. The van der Waals surface area contributed by atoms with Gasteiger partial charge in [0, 0.05) is 13.1 Å². The maximum Gasteiger partial charge on any atom is 1.00 e. The summed E-state index contributed by atoms with van der Waals surface area (Å²) in [5.74, 6) is -1.55. The van der Waals surface area contributed by atoms with E-state index < -0.39 is 11.9 Å². The number of benzene rings is 1. The van der Waals surface area contributed by atoms with Gasteiger partial charge in [0.15, 0.2) is 0 Å². The molecule has 0 saturated carbocycles. The van der Waals surface area contributed by atoms with Crippen molar-refractivity contribution in [3.8, 4) is 0 Å². The molecular weight excluding hydrogens is 273 g/mol. The van der Waals surface area contributed by atoms with E-state index in [1.54, 1.807) is 11.1 Å². The van der Waals surface area contributed by atoms with E-state index in [2.05, 4.69) is 0 Å². The van der Waals surface area contributed by atoms with Crippen LogP contribution in [0.1, 0.15) is 41.4 Å². The second-order valence-corrected chi connectivity index (χ2v) is 4.25. The summed E-state index contributed by atoms with van der Waals surface area (Å²) in [6.07, 6.45) is 3.19. The molecule has 0 amide bonds. The first kappa shape index (κ1) is 16.8. The van der Waals surface area contributed by atoms with Crippen LogP contribution in [0.2, 0.25) is 0 Å². The third-order valence-electron chi connectivity index (χ3n) is 2.87. The second kappa shape index (κ2) is 8.13. The quantitative estimate of drug-likeness (QED) is 0.728. The number of carboxylic acid groups (broad SMARTS) is 1. The largest absolute Gasteiger partial charge is 1.00 e. The molecule has 2 rings (SSSR count). The number of rotatable bonds is 3. The van der Waals surface area contributed by atoms with Crippen molar-refractivity contribution in [2.75, 3.05) is 13.1 Å².